The molecule has 0 spiro atoms. The van der Waals surface area contributed by atoms with Crippen LogP contribution in [0.4, 0.5) is 0 Å². The number of aromatic nitrogens is 2. The van der Waals surface area contributed by atoms with Gasteiger partial charge in [0.25, 0.3) is 5.91 Å². The summed E-state index contributed by atoms with van der Waals surface area (Å²) < 4.78 is 1.51. The second-order valence-corrected chi connectivity index (χ2v) is 12.9. The highest BCUT2D eigenvalue weighted by Gasteiger charge is 2.35. The molecule has 244 valence electrons. The van der Waals surface area contributed by atoms with Crippen LogP contribution in [0.5, 0.6) is 0 Å². The number of amides is 4. The number of fused-ring (bicyclic) bond motifs is 1. The molecule has 1 aromatic carbocycles. The number of piperidine rings is 1. The number of carbonyl (C=O) groups excluding carboxylic acids is 4. The third kappa shape index (κ3) is 8.51. The van der Waals surface area contributed by atoms with Crippen LogP contribution < -0.4 is 16.0 Å². The predicted octanol–water partition coefficient (Wildman–Crippen LogP) is 2.55. The minimum Gasteiger partial charge on any atom is -0.350 e. The van der Waals surface area contributed by atoms with Gasteiger partial charge < -0.3 is 20.9 Å². The van der Waals surface area contributed by atoms with Crippen LogP contribution in [-0.4, -0.2) is 87.5 Å². The molecule has 0 radical (unpaired) electrons. The smallest absolute Gasteiger partial charge is 0.270 e. The zero-order valence-corrected chi connectivity index (χ0v) is 26.8. The molecule has 2 saturated heterocycles. The Kier molecular flexibility index (Phi) is 11.3. The number of nitrogens with one attached hydrogen (secondary N) is 3. The lowest BCUT2D eigenvalue weighted by molar-refractivity contribution is -0.139. The van der Waals surface area contributed by atoms with Crippen molar-refractivity contribution >= 4 is 23.6 Å². The number of rotatable bonds is 11. The van der Waals surface area contributed by atoms with Crippen molar-refractivity contribution in [3.63, 3.8) is 0 Å². The zero-order chi connectivity index (χ0) is 31.8. The molecule has 2 aromatic rings. The molecule has 1 unspecified atom stereocenters. The van der Waals surface area contributed by atoms with Gasteiger partial charge in [0, 0.05) is 58.3 Å². The first kappa shape index (κ1) is 32.7. The molecule has 3 atom stereocenters. The maximum Gasteiger partial charge on any atom is 0.270 e. The number of aryl methyl sites for hydroxylation is 1. The highest BCUT2D eigenvalue weighted by Crippen LogP contribution is 2.27. The van der Waals surface area contributed by atoms with Crippen LogP contribution in [0, 0.1) is 5.92 Å². The summed E-state index contributed by atoms with van der Waals surface area (Å²) in [6.07, 6.45) is 10.9. The molecule has 0 bridgehead atoms. The number of benzene rings is 1. The number of piperazine rings is 1. The van der Waals surface area contributed by atoms with Crippen molar-refractivity contribution in [2.45, 2.75) is 95.8 Å². The van der Waals surface area contributed by atoms with Crippen molar-refractivity contribution in [3.05, 3.63) is 53.3 Å². The fourth-order valence-corrected chi connectivity index (χ4v) is 7.08. The highest BCUT2D eigenvalue weighted by molar-refractivity contribution is 5.96. The largest absolute Gasteiger partial charge is 0.350 e. The molecule has 5 rings (SSSR count). The van der Waals surface area contributed by atoms with E-state index in [1.807, 2.05) is 29.2 Å². The Morgan fingerprint density at radius 1 is 0.889 bits per heavy atom. The minimum atomic E-state index is -0.614. The average Bonchev–Trinajstić information content (AvgIpc) is 3.51. The Morgan fingerprint density at radius 2 is 1.62 bits per heavy atom. The molecular weight excluding hydrogens is 570 g/mol. The summed E-state index contributed by atoms with van der Waals surface area (Å²) in [5.41, 5.74) is 2.28. The molecule has 1 aliphatic carbocycles. The third-order valence-corrected chi connectivity index (χ3v) is 9.78. The lowest BCUT2D eigenvalue weighted by Gasteiger charge is -2.44. The van der Waals surface area contributed by atoms with Crippen LogP contribution in [0.3, 0.4) is 0 Å². The van der Waals surface area contributed by atoms with Gasteiger partial charge in [-0.3, -0.25) is 28.8 Å². The molecule has 11 nitrogen and oxygen atoms in total. The van der Waals surface area contributed by atoms with Gasteiger partial charge in [0.2, 0.25) is 17.7 Å². The van der Waals surface area contributed by atoms with E-state index in [-0.39, 0.29) is 29.5 Å². The van der Waals surface area contributed by atoms with E-state index in [9.17, 15) is 19.2 Å². The molecule has 2 aliphatic heterocycles. The fraction of sp³-hybridized carbons (Fsp3) is 0.618. The first-order valence-electron chi connectivity index (χ1n) is 16.8. The third-order valence-electron chi connectivity index (χ3n) is 9.78. The van der Waals surface area contributed by atoms with Crippen molar-refractivity contribution < 1.29 is 19.2 Å². The van der Waals surface area contributed by atoms with E-state index >= 15 is 0 Å². The normalized spacial score (nSPS) is 20.5. The number of hydrogen-bond acceptors (Lipinski definition) is 6. The quantitative estimate of drug-likeness (QED) is 0.355. The summed E-state index contributed by atoms with van der Waals surface area (Å²) in [5.74, 6) is -0.545. The molecule has 3 fully saturated rings. The molecule has 4 amide bonds. The van der Waals surface area contributed by atoms with Crippen molar-refractivity contribution in [1.82, 2.24) is 35.5 Å². The van der Waals surface area contributed by atoms with Crippen molar-refractivity contribution in [2.24, 2.45) is 13.0 Å². The average molecular weight is 620 g/mol. The number of nitrogens with zero attached hydrogens (tertiary/aromatic N) is 4. The Hall–Kier alpha value is -3.73. The molecule has 3 aliphatic rings. The molecule has 3 N–H and O–H groups in total. The van der Waals surface area contributed by atoms with Gasteiger partial charge in [0.15, 0.2) is 0 Å². The number of hydrogen-bond donors (Lipinski definition) is 3. The standard InChI is InChI=1S/C34H49N7O4/c1-3-30(42)37-28(34(45)41-20-19-40-18-8-7-11-27(40)23-41)21-24-12-14-25(15-13-24)22-35-33(44)31(26-9-5-4-6-10-26)38-32(43)29-16-17-36-39(29)2/h12-17,26-28,31H,3-11,18-23H2,1-2H3,(H,35,44)(H,37,42)(H,38,43)/t27-,28+,31?/m0/s1. The molecule has 3 heterocycles. The highest BCUT2D eigenvalue weighted by atomic mass is 16.2. The van der Waals surface area contributed by atoms with E-state index in [4.69, 9.17) is 0 Å². The van der Waals surface area contributed by atoms with Crippen LogP contribution in [-0.2, 0) is 34.4 Å². The Labute approximate surface area is 266 Å². The zero-order valence-electron chi connectivity index (χ0n) is 26.8. The summed E-state index contributed by atoms with van der Waals surface area (Å²) in [6.45, 7) is 5.53. The second kappa shape index (κ2) is 15.5. The Bertz CT molecular complexity index is 1320. The van der Waals surface area contributed by atoms with Crippen LogP contribution in [0.2, 0.25) is 0 Å². The summed E-state index contributed by atoms with van der Waals surface area (Å²) in [7, 11) is 1.71. The van der Waals surface area contributed by atoms with Crippen molar-refractivity contribution in [3.8, 4) is 0 Å². The van der Waals surface area contributed by atoms with Gasteiger partial charge in [0.05, 0.1) is 0 Å². The topological polar surface area (TPSA) is 129 Å². The van der Waals surface area contributed by atoms with E-state index in [0.717, 1.165) is 69.3 Å². The SMILES string of the molecule is CCC(=O)N[C@H](Cc1ccc(CNC(=O)C(NC(=O)c2ccnn2C)C2CCCCC2)cc1)C(=O)N1CCN2CCCC[C@H]2C1. The Morgan fingerprint density at radius 3 is 2.33 bits per heavy atom. The van der Waals surface area contributed by atoms with Crippen LogP contribution >= 0.6 is 0 Å². The van der Waals surface area contributed by atoms with Gasteiger partial charge in [-0.1, -0.05) is 56.9 Å². The van der Waals surface area contributed by atoms with E-state index in [2.05, 4.69) is 25.9 Å². The molecule has 11 heteroatoms. The van der Waals surface area contributed by atoms with Crippen LogP contribution in [0.25, 0.3) is 0 Å². The molecule has 45 heavy (non-hydrogen) atoms. The van der Waals surface area contributed by atoms with E-state index in [1.54, 1.807) is 26.2 Å². The maximum absolute atomic E-state index is 13.6. The first-order valence-corrected chi connectivity index (χ1v) is 16.8. The van der Waals surface area contributed by atoms with Crippen LogP contribution in [0.15, 0.2) is 36.5 Å². The van der Waals surface area contributed by atoms with E-state index < -0.39 is 12.1 Å². The summed E-state index contributed by atoms with van der Waals surface area (Å²) in [4.78, 5) is 56.9. The maximum atomic E-state index is 13.6. The van der Waals surface area contributed by atoms with E-state index in [1.165, 1.54) is 17.5 Å². The van der Waals surface area contributed by atoms with Gasteiger partial charge in [-0.15, -0.1) is 0 Å². The van der Waals surface area contributed by atoms with Gasteiger partial charge in [-0.25, -0.2) is 0 Å². The first-order chi connectivity index (χ1) is 21.8. The summed E-state index contributed by atoms with van der Waals surface area (Å²) in [5, 5.41) is 13.1. The summed E-state index contributed by atoms with van der Waals surface area (Å²) in [6, 6.07) is 8.65. The Balaban J connectivity index is 1.19. The number of carbonyl (C=O) groups is 4. The van der Waals surface area contributed by atoms with Crippen molar-refractivity contribution in [2.75, 3.05) is 26.2 Å². The van der Waals surface area contributed by atoms with Crippen molar-refractivity contribution in [1.29, 1.82) is 0 Å². The van der Waals surface area contributed by atoms with Crippen LogP contribution in [0.1, 0.15) is 86.3 Å². The van der Waals surface area contributed by atoms with Gasteiger partial charge in [-0.2, -0.15) is 5.10 Å². The predicted molar refractivity (Wildman–Crippen MR) is 171 cm³/mol. The molecule has 1 saturated carbocycles. The fourth-order valence-electron chi connectivity index (χ4n) is 7.08. The van der Waals surface area contributed by atoms with Gasteiger partial charge in [0.1, 0.15) is 17.8 Å². The molecular formula is C34H49N7O4. The second-order valence-electron chi connectivity index (χ2n) is 12.9. The lowest BCUT2D eigenvalue weighted by atomic mass is 9.83. The van der Waals surface area contributed by atoms with Gasteiger partial charge >= 0.3 is 0 Å². The molecule has 1 aromatic heterocycles. The van der Waals surface area contributed by atoms with E-state index in [0.29, 0.717) is 37.7 Å². The summed E-state index contributed by atoms with van der Waals surface area (Å²) >= 11 is 0. The van der Waals surface area contributed by atoms with Gasteiger partial charge in [-0.05, 0) is 55.3 Å². The minimum absolute atomic E-state index is 0.0136. The monoisotopic (exact) mass is 619 g/mol. The lowest BCUT2D eigenvalue weighted by Crippen LogP contribution is -2.59.